The fourth-order valence-electron chi connectivity index (χ4n) is 2.99. The Morgan fingerprint density at radius 2 is 2.00 bits per heavy atom. The number of ether oxygens (including phenoxy) is 2. The number of hydrogen-bond acceptors (Lipinski definition) is 6. The molecule has 1 amide bonds. The number of nitrogens with one attached hydrogen (secondary N) is 1. The van der Waals surface area contributed by atoms with Gasteiger partial charge in [-0.25, -0.2) is 0 Å². The molecule has 138 valence electrons. The lowest BCUT2D eigenvalue weighted by molar-refractivity contribution is -0.385. The number of carbonyl (C=O) groups excluding carboxylic acids is 1. The van der Waals surface area contributed by atoms with E-state index < -0.39 is 4.92 Å². The molecular formula is C18H20N2O5S. The highest BCUT2D eigenvalue weighted by Gasteiger charge is 2.21. The highest BCUT2D eigenvalue weighted by atomic mass is 32.1. The van der Waals surface area contributed by atoms with Crippen LogP contribution in [0.4, 0.5) is 11.4 Å². The van der Waals surface area contributed by atoms with E-state index in [4.69, 9.17) is 9.47 Å². The lowest BCUT2D eigenvalue weighted by Gasteiger charge is -2.17. The first-order chi connectivity index (χ1) is 12.5. The van der Waals surface area contributed by atoms with Crippen LogP contribution < -0.4 is 14.8 Å². The summed E-state index contributed by atoms with van der Waals surface area (Å²) < 4.78 is 11.4. The third-order valence-corrected chi connectivity index (χ3v) is 5.37. The van der Waals surface area contributed by atoms with Gasteiger partial charge in [-0.2, -0.15) is 0 Å². The van der Waals surface area contributed by atoms with Crippen LogP contribution in [0.3, 0.4) is 0 Å². The minimum atomic E-state index is -0.483. The SMILES string of the molecule is COc1ccc(NC(=O)c2cc([N+](=O)[O-])c(C)s2)cc1OC1CCCC1. The van der Waals surface area contributed by atoms with Gasteiger partial charge in [0.2, 0.25) is 0 Å². The first-order valence-corrected chi connectivity index (χ1v) is 9.20. The first-order valence-electron chi connectivity index (χ1n) is 8.39. The number of amides is 1. The van der Waals surface area contributed by atoms with E-state index in [1.165, 1.54) is 6.07 Å². The molecule has 1 saturated carbocycles. The second kappa shape index (κ2) is 7.74. The maximum Gasteiger partial charge on any atom is 0.283 e. The monoisotopic (exact) mass is 376 g/mol. The van der Waals surface area contributed by atoms with Crippen LogP contribution in [0.2, 0.25) is 0 Å². The van der Waals surface area contributed by atoms with Crippen molar-refractivity contribution >= 4 is 28.6 Å². The molecular weight excluding hydrogens is 356 g/mol. The number of benzene rings is 1. The Labute approximate surface area is 155 Å². The second-order valence-corrected chi connectivity index (χ2v) is 7.41. The average molecular weight is 376 g/mol. The zero-order chi connectivity index (χ0) is 18.7. The van der Waals surface area contributed by atoms with Crippen LogP contribution in [0.1, 0.15) is 40.2 Å². The van der Waals surface area contributed by atoms with Crippen molar-refractivity contribution in [1.29, 1.82) is 0 Å². The summed E-state index contributed by atoms with van der Waals surface area (Å²) in [7, 11) is 1.57. The molecule has 26 heavy (non-hydrogen) atoms. The van der Waals surface area contributed by atoms with Gasteiger partial charge in [0.1, 0.15) is 0 Å². The van der Waals surface area contributed by atoms with Gasteiger partial charge in [0.05, 0.1) is 27.9 Å². The van der Waals surface area contributed by atoms with Crippen molar-refractivity contribution in [3.63, 3.8) is 0 Å². The molecule has 0 spiro atoms. The number of nitro groups is 1. The molecule has 1 fully saturated rings. The van der Waals surface area contributed by atoms with Crippen LogP contribution in [-0.4, -0.2) is 24.0 Å². The number of aryl methyl sites for hydroxylation is 1. The maximum absolute atomic E-state index is 12.4. The summed E-state index contributed by atoms with van der Waals surface area (Å²) in [5, 5.41) is 13.7. The summed E-state index contributed by atoms with van der Waals surface area (Å²) in [5.41, 5.74) is 0.512. The molecule has 0 bridgehead atoms. The predicted molar refractivity (Wildman–Crippen MR) is 99.5 cm³/mol. The summed E-state index contributed by atoms with van der Waals surface area (Å²) in [6.45, 7) is 1.63. The zero-order valence-electron chi connectivity index (χ0n) is 14.6. The van der Waals surface area contributed by atoms with Crippen LogP contribution in [-0.2, 0) is 0 Å². The topological polar surface area (TPSA) is 90.7 Å². The van der Waals surface area contributed by atoms with E-state index in [2.05, 4.69) is 5.32 Å². The molecule has 0 radical (unpaired) electrons. The number of thiophene rings is 1. The van der Waals surface area contributed by atoms with Crippen molar-refractivity contribution in [2.24, 2.45) is 0 Å². The third kappa shape index (κ3) is 3.96. The van der Waals surface area contributed by atoms with Crippen molar-refractivity contribution < 1.29 is 19.2 Å². The van der Waals surface area contributed by atoms with Crippen LogP contribution >= 0.6 is 11.3 Å². The van der Waals surface area contributed by atoms with E-state index >= 15 is 0 Å². The van der Waals surface area contributed by atoms with E-state index in [0.717, 1.165) is 37.0 Å². The summed E-state index contributed by atoms with van der Waals surface area (Å²) in [4.78, 5) is 23.7. The Morgan fingerprint density at radius 1 is 1.27 bits per heavy atom. The zero-order valence-corrected chi connectivity index (χ0v) is 15.4. The van der Waals surface area contributed by atoms with E-state index in [0.29, 0.717) is 26.9 Å². The molecule has 0 unspecified atom stereocenters. The molecule has 1 heterocycles. The second-order valence-electron chi connectivity index (χ2n) is 6.15. The number of hydrogen-bond donors (Lipinski definition) is 1. The quantitative estimate of drug-likeness (QED) is 0.590. The van der Waals surface area contributed by atoms with Crippen LogP contribution in [0.5, 0.6) is 11.5 Å². The Kier molecular flexibility index (Phi) is 5.41. The van der Waals surface area contributed by atoms with Crippen molar-refractivity contribution in [2.45, 2.75) is 38.7 Å². The van der Waals surface area contributed by atoms with Crippen LogP contribution in [0, 0.1) is 17.0 Å². The molecule has 1 aliphatic rings. The maximum atomic E-state index is 12.4. The Bertz CT molecular complexity index is 827. The molecule has 0 saturated heterocycles. The van der Waals surface area contributed by atoms with Gasteiger partial charge >= 0.3 is 0 Å². The number of anilines is 1. The molecule has 8 heteroatoms. The highest BCUT2D eigenvalue weighted by molar-refractivity contribution is 7.14. The Balaban J connectivity index is 1.77. The van der Waals surface area contributed by atoms with Gasteiger partial charge < -0.3 is 14.8 Å². The van der Waals surface area contributed by atoms with Crippen LogP contribution in [0.15, 0.2) is 24.3 Å². The van der Waals surface area contributed by atoms with Gasteiger partial charge in [-0.15, -0.1) is 11.3 Å². The fraction of sp³-hybridized carbons (Fsp3) is 0.389. The normalized spacial score (nSPS) is 14.2. The van der Waals surface area contributed by atoms with E-state index in [9.17, 15) is 14.9 Å². The average Bonchev–Trinajstić information content (AvgIpc) is 3.24. The standard InChI is InChI=1S/C18H20N2O5S/c1-11-14(20(22)23)10-17(26-11)18(21)19-12-7-8-15(24-2)16(9-12)25-13-5-3-4-6-13/h7-10,13H,3-6H2,1-2H3,(H,19,21). The first kappa shape index (κ1) is 18.2. The lowest BCUT2D eigenvalue weighted by atomic mass is 10.2. The number of rotatable bonds is 6. The minimum absolute atomic E-state index is 0.0415. The smallest absolute Gasteiger partial charge is 0.283 e. The lowest BCUT2D eigenvalue weighted by Crippen LogP contribution is -2.13. The number of nitrogens with zero attached hydrogens (tertiary/aromatic N) is 1. The third-order valence-electron chi connectivity index (χ3n) is 4.33. The van der Waals surface area contributed by atoms with Gasteiger partial charge in [-0.05, 0) is 44.7 Å². The largest absolute Gasteiger partial charge is 0.493 e. The summed E-state index contributed by atoms with van der Waals surface area (Å²) in [6, 6.07) is 6.48. The van der Waals surface area contributed by atoms with Gasteiger partial charge in [0, 0.05) is 17.8 Å². The van der Waals surface area contributed by atoms with Crippen molar-refractivity contribution in [2.75, 3.05) is 12.4 Å². The molecule has 1 aromatic heterocycles. The van der Waals surface area contributed by atoms with Crippen molar-refractivity contribution in [1.82, 2.24) is 0 Å². The summed E-state index contributed by atoms with van der Waals surface area (Å²) in [6.07, 6.45) is 4.49. The predicted octanol–water partition coefficient (Wildman–Crippen LogP) is 4.55. The summed E-state index contributed by atoms with van der Waals surface area (Å²) in [5.74, 6) is 0.811. The molecule has 2 aromatic rings. The molecule has 3 rings (SSSR count). The highest BCUT2D eigenvalue weighted by Crippen LogP contribution is 2.34. The molecule has 1 N–H and O–H groups in total. The van der Waals surface area contributed by atoms with Gasteiger partial charge in [-0.1, -0.05) is 0 Å². The van der Waals surface area contributed by atoms with E-state index in [-0.39, 0.29) is 17.7 Å². The Morgan fingerprint density at radius 3 is 2.62 bits per heavy atom. The van der Waals surface area contributed by atoms with Gasteiger partial charge in [-0.3, -0.25) is 14.9 Å². The van der Waals surface area contributed by atoms with Gasteiger partial charge in [0.25, 0.3) is 11.6 Å². The number of methoxy groups -OCH3 is 1. The van der Waals surface area contributed by atoms with E-state index in [1.54, 1.807) is 32.2 Å². The molecule has 1 aliphatic carbocycles. The minimum Gasteiger partial charge on any atom is -0.493 e. The Hall–Kier alpha value is -2.61. The molecule has 7 nitrogen and oxygen atoms in total. The molecule has 0 atom stereocenters. The van der Waals surface area contributed by atoms with Gasteiger partial charge in [0.15, 0.2) is 11.5 Å². The van der Waals surface area contributed by atoms with Crippen molar-refractivity contribution in [3.8, 4) is 11.5 Å². The number of carbonyl (C=O) groups is 1. The molecule has 0 aliphatic heterocycles. The van der Waals surface area contributed by atoms with Crippen molar-refractivity contribution in [3.05, 3.63) is 44.1 Å². The molecule has 1 aromatic carbocycles. The van der Waals surface area contributed by atoms with E-state index in [1.807, 2.05) is 0 Å². The fourth-order valence-corrected chi connectivity index (χ4v) is 3.87. The summed E-state index contributed by atoms with van der Waals surface area (Å²) >= 11 is 1.10. The van der Waals surface area contributed by atoms with Crippen LogP contribution in [0.25, 0.3) is 0 Å².